The van der Waals surface area contributed by atoms with Gasteiger partial charge in [-0.3, -0.25) is 19.5 Å². The average molecular weight is 333 g/mol. The van der Waals surface area contributed by atoms with E-state index in [4.69, 9.17) is 19.9 Å². The van der Waals surface area contributed by atoms with Crippen LogP contribution >= 0.6 is 0 Å². The number of aliphatic hydroxyl groups is 4. The summed E-state index contributed by atoms with van der Waals surface area (Å²) in [6.45, 7) is -3.29. The van der Waals surface area contributed by atoms with Gasteiger partial charge in [-0.2, -0.15) is 8.42 Å². The average Bonchev–Trinajstić information content (AvgIpc) is 2.35. The highest BCUT2D eigenvalue weighted by Crippen LogP contribution is 2.19. The molecule has 3 atom stereocenters. The lowest BCUT2D eigenvalue weighted by atomic mass is 9.99. The quantitative estimate of drug-likeness (QED) is 0.149. The predicted molar refractivity (Wildman–Crippen MR) is 62.2 cm³/mol. The van der Waals surface area contributed by atoms with Gasteiger partial charge in [0.05, 0.1) is 25.8 Å². The van der Waals surface area contributed by atoms with Crippen LogP contribution in [0.1, 0.15) is 0 Å². The maximum absolute atomic E-state index is 11.8. The molecule has 0 unspecified atom stereocenters. The van der Waals surface area contributed by atoms with Crippen molar-refractivity contribution in [1.29, 1.82) is 0 Å². The van der Waals surface area contributed by atoms with E-state index >= 15 is 0 Å². The zero-order valence-electron chi connectivity index (χ0n) is 10.4. The smallest absolute Gasteiger partial charge is 0.400 e. The van der Waals surface area contributed by atoms with E-state index in [-0.39, 0.29) is 0 Å². The van der Waals surface area contributed by atoms with Crippen molar-refractivity contribution < 1.29 is 52.3 Å². The van der Waals surface area contributed by atoms with Gasteiger partial charge >= 0.3 is 16.4 Å². The SMILES string of the molecule is O=C(O)CN[C@@H](CO)C(=O)[C@](O)(OS(=O)(=O)O)[C@H](O)CO. The van der Waals surface area contributed by atoms with Gasteiger partial charge in [-0.05, 0) is 0 Å². The molecule has 0 bridgehead atoms. The molecule has 0 saturated carbocycles. The Bertz CT molecular complexity index is 477. The number of hydrogen-bond donors (Lipinski definition) is 7. The summed E-state index contributed by atoms with van der Waals surface area (Å²) in [4.78, 5) is 22.2. The van der Waals surface area contributed by atoms with Crippen molar-refractivity contribution in [3.8, 4) is 0 Å². The molecule has 0 aliphatic carbocycles. The van der Waals surface area contributed by atoms with E-state index in [1.807, 2.05) is 5.32 Å². The number of Topliss-reactive ketones (excluding diaryl/α,β-unsaturated/α-hetero) is 1. The Hall–Kier alpha value is -1.19. The second kappa shape index (κ2) is 7.71. The lowest BCUT2D eigenvalue weighted by Gasteiger charge is -2.31. The number of rotatable bonds is 10. The molecule has 0 spiro atoms. The number of nitrogens with one attached hydrogen (secondary N) is 1. The first-order valence-corrected chi connectivity index (χ1v) is 6.64. The van der Waals surface area contributed by atoms with Crippen LogP contribution in [0, 0.1) is 0 Å². The van der Waals surface area contributed by atoms with Crippen LogP contribution in [0.5, 0.6) is 0 Å². The number of ketones is 1. The van der Waals surface area contributed by atoms with Gasteiger partial charge in [-0.25, -0.2) is 4.18 Å². The molecule has 7 N–H and O–H groups in total. The summed E-state index contributed by atoms with van der Waals surface area (Å²) in [6.07, 6.45) is -2.49. The number of aliphatic carboxylic acids is 1. The van der Waals surface area contributed by atoms with E-state index in [1.54, 1.807) is 0 Å². The molecule has 124 valence electrons. The van der Waals surface area contributed by atoms with Crippen LogP contribution in [0.4, 0.5) is 0 Å². The fourth-order valence-electron chi connectivity index (χ4n) is 1.25. The molecular weight excluding hydrogens is 318 g/mol. The molecule has 0 aromatic rings. The largest absolute Gasteiger partial charge is 0.480 e. The van der Waals surface area contributed by atoms with Crippen molar-refractivity contribution in [1.82, 2.24) is 5.32 Å². The van der Waals surface area contributed by atoms with E-state index in [0.717, 1.165) is 0 Å². The topological polar surface area (TPSA) is 211 Å². The van der Waals surface area contributed by atoms with E-state index in [0.29, 0.717) is 0 Å². The summed E-state index contributed by atoms with van der Waals surface area (Å²) in [5.74, 6) is -6.78. The first kappa shape index (κ1) is 19.8. The third-order valence-electron chi connectivity index (χ3n) is 2.21. The highest BCUT2D eigenvalue weighted by Gasteiger charge is 2.50. The van der Waals surface area contributed by atoms with Crippen LogP contribution in [-0.2, 0) is 24.2 Å². The summed E-state index contributed by atoms with van der Waals surface area (Å²) in [5.41, 5.74) is 0. The number of carboxylic acids is 1. The minimum absolute atomic E-state index is 0.853. The Morgan fingerprint density at radius 3 is 2.10 bits per heavy atom. The van der Waals surface area contributed by atoms with Gasteiger partial charge in [0.25, 0.3) is 5.79 Å². The van der Waals surface area contributed by atoms with E-state index in [2.05, 4.69) is 4.18 Å². The molecule has 0 aliphatic rings. The molecule has 0 rings (SSSR count). The van der Waals surface area contributed by atoms with Crippen molar-refractivity contribution in [2.24, 2.45) is 0 Å². The minimum Gasteiger partial charge on any atom is -0.480 e. The maximum Gasteiger partial charge on any atom is 0.400 e. The standard InChI is InChI=1S/C8H15NO11S/c10-2-4(9-1-6(13)14)7(15)8(16,5(12)3-11)20-21(17,18)19/h4-5,9-12,16H,1-3H2,(H,13,14)(H,17,18,19)/t4-,5+,8+/m0/s1. The zero-order valence-corrected chi connectivity index (χ0v) is 11.2. The third-order valence-corrected chi connectivity index (χ3v) is 2.67. The van der Waals surface area contributed by atoms with Crippen molar-refractivity contribution in [2.75, 3.05) is 19.8 Å². The number of carboxylic acid groups (broad SMARTS) is 1. The first-order valence-electron chi connectivity index (χ1n) is 5.27. The second-order valence-corrected chi connectivity index (χ2v) is 4.80. The van der Waals surface area contributed by atoms with E-state index in [9.17, 15) is 28.2 Å². The molecule has 0 amide bonds. The number of hydrogen-bond acceptors (Lipinski definition) is 10. The van der Waals surface area contributed by atoms with Crippen LogP contribution < -0.4 is 5.32 Å². The summed E-state index contributed by atoms with van der Waals surface area (Å²) >= 11 is 0. The van der Waals surface area contributed by atoms with Gasteiger partial charge in [0, 0.05) is 0 Å². The monoisotopic (exact) mass is 333 g/mol. The molecule has 0 radical (unpaired) electrons. The van der Waals surface area contributed by atoms with Crippen LogP contribution in [-0.4, -0.2) is 87.9 Å². The zero-order chi connectivity index (χ0) is 16.8. The molecule has 21 heavy (non-hydrogen) atoms. The van der Waals surface area contributed by atoms with Crippen molar-refractivity contribution in [3.63, 3.8) is 0 Å². The van der Waals surface area contributed by atoms with Crippen molar-refractivity contribution >= 4 is 22.2 Å². The highest BCUT2D eigenvalue weighted by atomic mass is 32.3. The van der Waals surface area contributed by atoms with Crippen LogP contribution in [0.25, 0.3) is 0 Å². The Morgan fingerprint density at radius 1 is 1.24 bits per heavy atom. The van der Waals surface area contributed by atoms with Gasteiger partial charge in [0.15, 0.2) is 0 Å². The van der Waals surface area contributed by atoms with Crippen molar-refractivity contribution in [3.05, 3.63) is 0 Å². The van der Waals surface area contributed by atoms with E-state index in [1.165, 1.54) is 0 Å². The number of carbonyl (C=O) groups is 2. The maximum atomic E-state index is 11.8. The molecule has 0 saturated heterocycles. The molecule has 12 nitrogen and oxygen atoms in total. The second-order valence-electron chi connectivity index (χ2n) is 3.78. The van der Waals surface area contributed by atoms with Gasteiger partial charge in [0.1, 0.15) is 6.10 Å². The van der Waals surface area contributed by atoms with Gasteiger partial charge in [-0.1, -0.05) is 0 Å². The van der Waals surface area contributed by atoms with Crippen LogP contribution in [0.2, 0.25) is 0 Å². The molecule has 0 heterocycles. The summed E-state index contributed by atoms with van der Waals surface area (Å²) in [7, 11) is -5.42. The lowest BCUT2D eigenvalue weighted by molar-refractivity contribution is -0.215. The van der Waals surface area contributed by atoms with Gasteiger partial charge in [-0.15, -0.1) is 0 Å². The molecule has 0 fully saturated rings. The summed E-state index contributed by atoms with van der Waals surface area (Å²) in [6, 6.07) is -1.85. The fourth-order valence-corrected chi connectivity index (χ4v) is 1.76. The molecule has 0 aromatic carbocycles. The third kappa shape index (κ3) is 5.98. The molecular formula is C8H15NO11S. The highest BCUT2D eigenvalue weighted by molar-refractivity contribution is 7.81. The number of aliphatic hydroxyl groups excluding tert-OH is 3. The normalized spacial score (nSPS) is 17.8. The summed E-state index contributed by atoms with van der Waals surface area (Å²) < 4.78 is 33.3. The van der Waals surface area contributed by atoms with Gasteiger partial charge in [0.2, 0.25) is 5.78 Å². The summed E-state index contributed by atoms with van der Waals surface area (Å²) in [5, 5.41) is 47.0. The Morgan fingerprint density at radius 2 is 1.76 bits per heavy atom. The lowest BCUT2D eigenvalue weighted by Crippen LogP contribution is -2.61. The number of carbonyl (C=O) groups excluding carboxylic acids is 1. The van der Waals surface area contributed by atoms with Crippen LogP contribution in [0.15, 0.2) is 0 Å². The molecule has 13 heteroatoms. The predicted octanol–water partition coefficient (Wildman–Crippen LogP) is -4.55. The fraction of sp³-hybridized carbons (Fsp3) is 0.750. The van der Waals surface area contributed by atoms with E-state index < -0.39 is 59.8 Å². The first-order chi connectivity index (χ1) is 9.47. The Balaban J connectivity index is 5.39. The minimum atomic E-state index is -5.42. The Labute approximate surface area is 118 Å². The molecule has 0 aliphatic heterocycles. The van der Waals surface area contributed by atoms with Crippen LogP contribution in [0.3, 0.4) is 0 Å². The Kier molecular flexibility index (Phi) is 7.28. The molecule has 0 aromatic heterocycles. The van der Waals surface area contributed by atoms with Crippen molar-refractivity contribution in [2.45, 2.75) is 17.9 Å². The van der Waals surface area contributed by atoms with Gasteiger partial charge < -0.3 is 25.5 Å².